The van der Waals surface area contributed by atoms with E-state index in [2.05, 4.69) is 15.9 Å². The van der Waals surface area contributed by atoms with E-state index in [9.17, 15) is 10.2 Å². The summed E-state index contributed by atoms with van der Waals surface area (Å²) in [6.07, 6.45) is 0.260. The highest BCUT2D eigenvalue weighted by atomic mass is 79.9. The third-order valence-corrected chi connectivity index (χ3v) is 2.45. The summed E-state index contributed by atoms with van der Waals surface area (Å²) in [7, 11) is 0. The largest absolute Gasteiger partial charge is 0.506 e. The number of hydrogen-bond acceptors (Lipinski definition) is 2. The second-order valence-electron chi connectivity index (χ2n) is 3.30. The van der Waals surface area contributed by atoms with Crippen molar-refractivity contribution in [2.24, 2.45) is 0 Å². The molecule has 0 saturated carbocycles. The molecule has 1 aromatic carbocycles. The molecule has 0 aliphatic rings. The number of hydrogen-bond donors (Lipinski definition) is 2. The van der Waals surface area contributed by atoms with Gasteiger partial charge in [-0.3, -0.25) is 0 Å². The fourth-order valence-electron chi connectivity index (χ4n) is 1.27. The van der Waals surface area contributed by atoms with E-state index in [0.717, 1.165) is 11.1 Å². The number of aryl methyl sites for hydroxylation is 1. The Balaban J connectivity index is 2.99. The maximum Gasteiger partial charge on any atom is 0.132 e. The van der Waals surface area contributed by atoms with Gasteiger partial charge in [0.2, 0.25) is 0 Å². The number of rotatable bonds is 2. The Kier molecular flexibility index (Phi) is 3.33. The Morgan fingerprint density at radius 3 is 2.54 bits per heavy atom. The number of phenols is 1. The van der Waals surface area contributed by atoms with E-state index >= 15 is 0 Å². The van der Waals surface area contributed by atoms with Crippen LogP contribution < -0.4 is 0 Å². The molecule has 0 saturated heterocycles. The van der Waals surface area contributed by atoms with Gasteiger partial charge in [-0.25, -0.2) is 0 Å². The highest BCUT2D eigenvalue weighted by Gasteiger charge is 2.06. The van der Waals surface area contributed by atoms with E-state index < -0.39 is 0 Å². The molecule has 2 nitrogen and oxygen atoms in total. The van der Waals surface area contributed by atoms with Crippen LogP contribution in [0.2, 0.25) is 0 Å². The Bertz CT molecular complexity index is 285. The van der Waals surface area contributed by atoms with Crippen molar-refractivity contribution in [3.05, 3.63) is 27.7 Å². The summed E-state index contributed by atoms with van der Waals surface area (Å²) in [6.45, 7) is 3.59. The lowest BCUT2D eigenvalue weighted by Crippen LogP contribution is -2.04. The third-order valence-electron chi connectivity index (χ3n) is 1.84. The number of phenolic OH excluding ortho intramolecular Hbond substituents is 1. The van der Waals surface area contributed by atoms with Crippen LogP contribution in [-0.4, -0.2) is 16.3 Å². The van der Waals surface area contributed by atoms with Crippen molar-refractivity contribution in [2.45, 2.75) is 26.4 Å². The van der Waals surface area contributed by atoms with Gasteiger partial charge in [0.05, 0.1) is 10.6 Å². The van der Waals surface area contributed by atoms with Crippen LogP contribution >= 0.6 is 15.9 Å². The molecule has 0 aromatic heterocycles. The van der Waals surface area contributed by atoms with Gasteiger partial charge in [0.1, 0.15) is 5.75 Å². The molecule has 0 fully saturated rings. The summed E-state index contributed by atoms with van der Waals surface area (Å²) < 4.78 is 0.683. The smallest absolute Gasteiger partial charge is 0.132 e. The van der Waals surface area contributed by atoms with Gasteiger partial charge in [0, 0.05) is 0 Å². The second kappa shape index (κ2) is 4.11. The molecule has 0 heterocycles. The monoisotopic (exact) mass is 244 g/mol. The molecule has 1 unspecified atom stereocenters. The molecule has 0 aliphatic carbocycles. The van der Waals surface area contributed by atoms with Gasteiger partial charge in [-0.05, 0) is 53.4 Å². The third kappa shape index (κ3) is 2.71. The molecule has 0 amide bonds. The quantitative estimate of drug-likeness (QED) is 0.839. The first-order valence-corrected chi connectivity index (χ1v) is 4.96. The number of halogens is 1. The molecule has 0 radical (unpaired) electrons. The van der Waals surface area contributed by atoms with Gasteiger partial charge in [0.15, 0.2) is 0 Å². The van der Waals surface area contributed by atoms with Crippen molar-refractivity contribution in [3.8, 4) is 5.75 Å². The molecule has 1 rings (SSSR count). The average molecular weight is 245 g/mol. The maximum atomic E-state index is 9.46. The van der Waals surface area contributed by atoms with E-state index in [-0.39, 0.29) is 11.9 Å². The fourth-order valence-corrected chi connectivity index (χ4v) is 1.87. The average Bonchev–Trinajstić information content (AvgIpc) is 1.98. The second-order valence-corrected chi connectivity index (χ2v) is 4.15. The lowest BCUT2D eigenvalue weighted by molar-refractivity contribution is 0.195. The van der Waals surface area contributed by atoms with Crippen molar-refractivity contribution >= 4 is 15.9 Å². The van der Waals surface area contributed by atoms with Crippen LogP contribution in [-0.2, 0) is 6.42 Å². The summed E-state index contributed by atoms with van der Waals surface area (Å²) in [5.41, 5.74) is 1.85. The minimum Gasteiger partial charge on any atom is -0.506 e. The Hall–Kier alpha value is -0.540. The lowest BCUT2D eigenvalue weighted by Gasteiger charge is -2.08. The van der Waals surface area contributed by atoms with Crippen LogP contribution in [0.3, 0.4) is 0 Å². The highest BCUT2D eigenvalue weighted by molar-refractivity contribution is 9.10. The zero-order valence-corrected chi connectivity index (χ0v) is 9.30. The molecular weight excluding hydrogens is 232 g/mol. The summed E-state index contributed by atoms with van der Waals surface area (Å²) in [4.78, 5) is 0. The Morgan fingerprint density at radius 2 is 2.08 bits per heavy atom. The van der Waals surface area contributed by atoms with Gasteiger partial charge in [-0.2, -0.15) is 0 Å². The SMILES string of the molecule is Cc1cc(CC(C)O)cc(Br)c1O. The lowest BCUT2D eigenvalue weighted by atomic mass is 10.1. The van der Waals surface area contributed by atoms with Gasteiger partial charge in [-0.15, -0.1) is 0 Å². The van der Waals surface area contributed by atoms with Crippen LogP contribution in [0.4, 0.5) is 0 Å². The zero-order valence-electron chi connectivity index (χ0n) is 7.71. The van der Waals surface area contributed by atoms with Crippen molar-refractivity contribution in [2.75, 3.05) is 0 Å². The van der Waals surface area contributed by atoms with Gasteiger partial charge in [-0.1, -0.05) is 6.07 Å². The summed E-state index contributed by atoms with van der Waals surface area (Å²) in [5.74, 6) is 0.273. The number of aliphatic hydroxyl groups is 1. The fraction of sp³-hybridized carbons (Fsp3) is 0.400. The molecular formula is C10H13BrO2. The molecule has 1 atom stereocenters. The van der Waals surface area contributed by atoms with Crippen LogP contribution in [0.1, 0.15) is 18.1 Å². The van der Waals surface area contributed by atoms with Gasteiger partial charge < -0.3 is 10.2 Å². The minimum absolute atomic E-state index is 0.273. The number of benzene rings is 1. The molecule has 13 heavy (non-hydrogen) atoms. The van der Waals surface area contributed by atoms with E-state index in [0.29, 0.717) is 10.9 Å². The molecule has 0 aliphatic heterocycles. The first-order chi connectivity index (χ1) is 6.00. The molecule has 0 bridgehead atoms. The van der Waals surface area contributed by atoms with Crippen LogP contribution in [0.25, 0.3) is 0 Å². The van der Waals surface area contributed by atoms with E-state index in [1.54, 1.807) is 6.92 Å². The highest BCUT2D eigenvalue weighted by Crippen LogP contribution is 2.29. The van der Waals surface area contributed by atoms with Crippen molar-refractivity contribution < 1.29 is 10.2 Å². The van der Waals surface area contributed by atoms with E-state index in [4.69, 9.17) is 0 Å². The van der Waals surface area contributed by atoms with Crippen molar-refractivity contribution in [1.82, 2.24) is 0 Å². The Morgan fingerprint density at radius 1 is 1.46 bits per heavy atom. The predicted octanol–water partition coefficient (Wildman–Crippen LogP) is 2.39. The van der Waals surface area contributed by atoms with Crippen LogP contribution in [0, 0.1) is 6.92 Å². The normalized spacial score (nSPS) is 12.9. The molecule has 72 valence electrons. The molecule has 3 heteroatoms. The summed E-state index contributed by atoms with van der Waals surface area (Å²) in [6, 6.07) is 3.71. The molecule has 0 spiro atoms. The predicted molar refractivity (Wildman–Crippen MR) is 55.9 cm³/mol. The maximum absolute atomic E-state index is 9.46. The molecule has 2 N–H and O–H groups in total. The van der Waals surface area contributed by atoms with E-state index in [1.807, 2.05) is 19.1 Å². The molecule has 1 aromatic rings. The van der Waals surface area contributed by atoms with Crippen LogP contribution in [0.5, 0.6) is 5.75 Å². The number of aromatic hydroxyl groups is 1. The van der Waals surface area contributed by atoms with Gasteiger partial charge >= 0.3 is 0 Å². The first kappa shape index (κ1) is 10.5. The zero-order chi connectivity index (χ0) is 10.0. The topological polar surface area (TPSA) is 40.5 Å². The van der Waals surface area contributed by atoms with E-state index in [1.165, 1.54) is 0 Å². The van der Waals surface area contributed by atoms with Gasteiger partial charge in [0.25, 0.3) is 0 Å². The van der Waals surface area contributed by atoms with Crippen molar-refractivity contribution in [1.29, 1.82) is 0 Å². The number of aliphatic hydroxyl groups excluding tert-OH is 1. The van der Waals surface area contributed by atoms with Crippen molar-refractivity contribution in [3.63, 3.8) is 0 Å². The van der Waals surface area contributed by atoms with Crippen LogP contribution in [0.15, 0.2) is 16.6 Å². The first-order valence-electron chi connectivity index (χ1n) is 4.16. The minimum atomic E-state index is -0.351. The summed E-state index contributed by atoms with van der Waals surface area (Å²) in [5, 5.41) is 18.6. The standard InChI is InChI=1S/C10H13BrO2/c1-6-3-8(4-7(2)12)5-9(11)10(6)13/h3,5,7,12-13H,4H2,1-2H3. The Labute approximate surface area is 86.3 Å². The summed E-state index contributed by atoms with van der Waals surface area (Å²) >= 11 is 3.26.